The van der Waals surface area contributed by atoms with Gasteiger partial charge in [0.2, 0.25) is 5.91 Å². The molecule has 1 saturated heterocycles. The van der Waals surface area contributed by atoms with E-state index in [1.165, 1.54) is 6.33 Å². The predicted molar refractivity (Wildman–Crippen MR) is 134 cm³/mol. The summed E-state index contributed by atoms with van der Waals surface area (Å²) in [7, 11) is 0. The molecule has 188 valence electrons. The largest absolute Gasteiger partial charge is 0.383 e. The van der Waals surface area contributed by atoms with Gasteiger partial charge in [-0.05, 0) is 39.5 Å². The lowest BCUT2D eigenvalue weighted by Gasteiger charge is -2.32. The highest BCUT2D eigenvalue weighted by atomic mass is 16.5. The van der Waals surface area contributed by atoms with Gasteiger partial charge in [-0.1, -0.05) is 12.1 Å². The molecule has 1 aliphatic carbocycles. The van der Waals surface area contributed by atoms with Crippen molar-refractivity contribution in [3.63, 3.8) is 0 Å². The summed E-state index contributed by atoms with van der Waals surface area (Å²) in [5.74, 6) is 1.77. The van der Waals surface area contributed by atoms with Crippen molar-refractivity contribution in [1.82, 2.24) is 39.4 Å². The molecule has 2 aliphatic rings. The number of nitrogens with two attached hydrogens (primary N) is 1. The minimum atomic E-state index is 0.0819. The van der Waals surface area contributed by atoms with Crippen molar-refractivity contribution in [2.45, 2.75) is 70.9 Å². The molecular formula is C25H31N9O2. The second-order valence-corrected chi connectivity index (χ2v) is 10.1. The minimum absolute atomic E-state index is 0.0819. The molecule has 0 aromatic carbocycles. The van der Waals surface area contributed by atoms with Crippen LogP contribution in [0.25, 0.3) is 33.7 Å². The molecule has 4 aromatic rings. The number of piperidine rings is 1. The van der Waals surface area contributed by atoms with E-state index in [0.29, 0.717) is 46.6 Å². The molecule has 1 aliphatic heterocycles. The number of fused-ring (bicyclic) bond motifs is 1. The number of anilines is 1. The van der Waals surface area contributed by atoms with Crippen LogP contribution in [0.15, 0.2) is 23.4 Å². The second kappa shape index (κ2) is 8.72. The van der Waals surface area contributed by atoms with Gasteiger partial charge in [-0.3, -0.25) is 4.79 Å². The van der Waals surface area contributed by atoms with Crippen LogP contribution >= 0.6 is 0 Å². The van der Waals surface area contributed by atoms with Gasteiger partial charge in [-0.25, -0.2) is 19.6 Å². The van der Waals surface area contributed by atoms with Crippen LogP contribution < -0.4 is 5.73 Å². The number of amides is 1. The lowest BCUT2D eigenvalue weighted by Crippen LogP contribution is -2.38. The zero-order valence-corrected chi connectivity index (χ0v) is 20.9. The number of nitrogen functional groups attached to an aromatic ring is 1. The third-order valence-corrected chi connectivity index (χ3v) is 7.30. The molecule has 11 heteroatoms. The number of carbonyl (C=O) groups is 1. The van der Waals surface area contributed by atoms with Crippen molar-refractivity contribution in [3.05, 3.63) is 24.6 Å². The summed E-state index contributed by atoms with van der Waals surface area (Å²) in [6.07, 6.45) is 9.92. The smallest absolute Gasteiger partial charge is 0.222 e. The first-order valence-electron chi connectivity index (χ1n) is 12.8. The molecule has 1 amide bonds. The van der Waals surface area contributed by atoms with E-state index in [9.17, 15) is 4.79 Å². The average Bonchev–Trinajstić information content (AvgIpc) is 3.29. The Labute approximate surface area is 208 Å². The highest BCUT2D eigenvalue weighted by Gasteiger charge is 2.36. The lowest BCUT2D eigenvalue weighted by molar-refractivity contribution is -0.132. The van der Waals surface area contributed by atoms with Crippen LogP contribution in [0.3, 0.4) is 0 Å². The second-order valence-electron chi connectivity index (χ2n) is 10.1. The van der Waals surface area contributed by atoms with Gasteiger partial charge in [0.1, 0.15) is 29.3 Å². The molecule has 2 N–H and O–H groups in total. The van der Waals surface area contributed by atoms with Crippen molar-refractivity contribution in [3.8, 4) is 22.6 Å². The van der Waals surface area contributed by atoms with Crippen LogP contribution in [0.5, 0.6) is 0 Å². The molecule has 0 radical (unpaired) electrons. The molecule has 0 spiro atoms. The number of likely N-dealkylation sites (tertiary alicyclic amines) is 1. The van der Waals surface area contributed by atoms with Gasteiger partial charge in [0.05, 0.1) is 23.0 Å². The summed E-state index contributed by atoms with van der Waals surface area (Å²) in [6, 6.07) is 0.378. The van der Waals surface area contributed by atoms with Crippen LogP contribution in [0.2, 0.25) is 0 Å². The molecule has 0 bridgehead atoms. The van der Waals surface area contributed by atoms with Crippen molar-refractivity contribution in [2.24, 2.45) is 0 Å². The van der Waals surface area contributed by atoms with Crippen molar-refractivity contribution in [2.75, 3.05) is 18.8 Å². The molecule has 5 heterocycles. The van der Waals surface area contributed by atoms with Crippen LogP contribution in [0.1, 0.15) is 76.6 Å². The normalized spacial score (nSPS) is 16.9. The van der Waals surface area contributed by atoms with E-state index < -0.39 is 0 Å². The Hall–Kier alpha value is -3.76. The lowest BCUT2D eigenvalue weighted by atomic mass is 10.0. The molecule has 4 aromatic heterocycles. The molecule has 0 unspecified atom stereocenters. The van der Waals surface area contributed by atoms with Gasteiger partial charge in [-0.2, -0.15) is 5.10 Å². The number of aromatic nitrogens is 7. The van der Waals surface area contributed by atoms with Crippen LogP contribution in [0.4, 0.5) is 5.82 Å². The summed E-state index contributed by atoms with van der Waals surface area (Å²) in [4.78, 5) is 27.5. The van der Waals surface area contributed by atoms with E-state index >= 15 is 0 Å². The van der Waals surface area contributed by atoms with E-state index in [1.807, 2.05) is 22.8 Å². The number of carbonyl (C=O) groups excluding carboxylic acids is 1. The Morgan fingerprint density at radius 1 is 1.14 bits per heavy atom. The number of rotatable bonds is 6. The highest BCUT2D eigenvalue weighted by Crippen LogP contribution is 2.48. The number of hydrogen-bond donors (Lipinski definition) is 1. The first kappa shape index (κ1) is 22.7. The summed E-state index contributed by atoms with van der Waals surface area (Å²) in [5.41, 5.74) is 9.90. The molecule has 6 rings (SSSR count). The van der Waals surface area contributed by atoms with E-state index in [1.54, 1.807) is 0 Å². The zero-order chi connectivity index (χ0) is 25.0. The van der Waals surface area contributed by atoms with Gasteiger partial charge < -0.3 is 19.7 Å². The summed E-state index contributed by atoms with van der Waals surface area (Å²) < 4.78 is 9.93. The summed E-state index contributed by atoms with van der Waals surface area (Å²) in [5, 5.41) is 10.0. The maximum Gasteiger partial charge on any atom is 0.222 e. The van der Waals surface area contributed by atoms with Crippen LogP contribution in [0, 0.1) is 0 Å². The molecule has 0 atom stereocenters. The third-order valence-electron chi connectivity index (χ3n) is 7.30. The SMILES string of the molecule is CCC(=O)N1CCC(n2cnc(-c3c(-c4nn(C(C)C)c5ncnc(N)c45)noc3C3CC3)c2)CC1. The number of imidazole rings is 1. The fraction of sp³-hybridized carbons (Fsp3) is 0.520. The molecule has 11 nitrogen and oxygen atoms in total. The maximum atomic E-state index is 12.1. The van der Waals surface area contributed by atoms with Gasteiger partial charge >= 0.3 is 0 Å². The van der Waals surface area contributed by atoms with Crippen LogP contribution in [-0.2, 0) is 4.79 Å². The summed E-state index contributed by atoms with van der Waals surface area (Å²) >= 11 is 0. The van der Waals surface area contributed by atoms with E-state index in [0.717, 1.165) is 55.8 Å². The van der Waals surface area contributed by atoms with E-state index in [-0.39, 0.29) is 11.9 Å². The topological polar surface area (TPSA) is 134 Å². The van der Waals surface area contributed by atoms with Crippen molar-refractivity contribution < 1.29 is 9.32 Å². The fourth-order valence-corrected chi connectivity index (χ4v) is 5.16. The molecule has 36 heavy (non-hydrogen) atoms. The van der Waals surface area contributed by atoms with Gasteiger partial charge in [0.15, 0.2) is 5.65 Å². The standard InChI is InChI=1S/C25H31N9O2/c1-4-18(35)32-9-7-16(8-10-32)33-11-17(29-13-33)19-22(31-36-23(19)15-5-6-15)21-20-24(26)27-12-28-25(20)34(30-21)14(2)3/h11-16H,4-10H2,1-3H3,(H2,26,27,28). The van der Waals surface area contributed by atoms with Gasteiger partial charge in [-0.15, -0.1) is 0 Å². The Morgan fingerprint density at radius 3 is 2.61 bits per heavy atom. The van der Waals surface area contributed by atoms with Crippen LogP contribution in [-0.4, -0.2) is 58.4 Å². The summed E-state index contributed by atoms with van der Waals surface area (Å²) in [6.45, 7) is 7.56. The Balaban J connectivity index is 1.40. The van der Waals surface area contributed by atoms with Gasteiger partial charge in [0.25, 0.3) is 0 Å². The number of nitrogens with zero attached hydrogens (tertiary/aromatic N) is 8. The first-order chi connectivity index (χ1) is 17.5. The van der Waals surface area contributed by atoms with E-state index in [2.05, 4.69) is 39.7 Å². The van der Waals surface area contributed by atoms with E-state index in [4.69, 9.17) is 20.3 Å². The first-order valence-corrected chi connectivity index (χ1v) is 12.8. The Bertz CT molecular complexity index is 1420. The molecular weight excluding hydrogens is 458 g/mol. The predicted octanol–water partition coefficient (Wildman–Crippen LogP) is 3.96. The highest BCUT2D eigenvalue weighted by molar-refractivity contribution is 6.00. The van der Waals surface area contributed by atoms with Crippen molar-refractivity contribution in [1.29, 1.82) is 0 Å². The van der Waals surface area contributed by atoms with Gasteiger partial charge in [0, 0.05) is 43.7 Å². The third kappa shape index (κ3) is 3.73. The monoisotopic (exact) mass is 489 g/mol. The fourth-order valence-electron chi connectivity index (χ4n) is 5.16. The Morgan fingerprint density at radius 2 is 1.92 bits per heavy atom. The minimum Gasteiger partial charge on any atom is -0.383 e. The zero-order valence-electron chi connectivity index (χ0n) is 20.9. The average molecular weight is 490 g/mol. The maximum absolute atomic E-state index is 12.1. The van der Waals surface area contributed by atoms with Crippen molar-refractivity contribution >= 4 is 22.8 Å². The Kier molecular flexibility index (Phi) is 5.50. The number of hydrogen-bond acceptors (Lipinski definition) is 8. The quantitative estimate of drug-likeness (QED) is 0.430. The molecule has 1 saturated carbocycles. The molecule has 2 fully saturated rings.